The molecule has 0 amide bonds. The molecule has 24 heavy (non-hydrogen) atoms. The van der Waals surface area contributed by atoms with E-state index < -0.39 is 0 Å². The fraction of sp³-hybridized carbons (Fsp3) is 0.706. The maximum atomic E-state index is 6.10. The summed E-state index contributed by atoms with van der Waals surface area (Å²) in [5.41, 5.74) is 1.15. The van der Waals surface area contributed by atoms with E-state index in [1.165, 1.54) is 6.42 Å². The molecular formula is C17H27N5OS. The minimum absolute atomic E-state index is 0.184. The van der Waals surface area contributed by atoms with E-state index in [1.54, 1.807) is 11.3 Å². The predicted molar refractivity (Wildman–Crippen MR) is 96.3 cm³/mol. The van der Waals surface area contributed by atoms with Gasteiger partial charge in [-0.3, -0.25) is 0 Å². The van der Waals surface area contributed by atoms with Gasteiger partial charge >= 0.3 is 0 Å². The Morgan fingerprint density at radius 1 is 1.46 bits per heavy atom. The van der Waals surface area contributed by atoms with Crippen molar-refractivity contribution < 1.29 is 4.74 Å². The van der Waals surface area contributed by atoms with Crippen molar-refractivity contribution in [2.75, 3.05) is 18.1 Å². The number of thiazole rings is 1. The van der Waals surface area contributed by atoms with Crippen LogP contribution in [0.4, 0.5) is 5.13 Å². The topological polar surface area (TPSA) is 56.1 Å². The number of ether oxygens (including phenoxy) is 1. The highest BCUT2D eigenvalue weighted by molar-refractivity contribution is 7.13. The largest absolute Gasteiger partial charge is 0.376 e. The Hall–Kier alpha value is -1.47. The van der Waals surface area contributed by atoms with E-state index in [0.717, 1.165) is 30.4 Å². The van der Waals surface area contributed by atoms with Gasteiger partial charge < -0.3 is 9.64 Å². The van der Waals surface area contributed by atoms with E-state index in [4.69, 9.17) is 4.74 Å². The lowest BCUT2D eigenvalue weighted by atomic mass is 9.80. The molecule has 132 valence electrons. The van der Waals surface area contributed by atoms with E-state index in [9.17, 15) is 0 Å². The molecular weight excluding hydrogens is 322 g/mol. The second-order valence-corrected chi connectivity index (χ2v) is 8.30. The lowest BCUT2D eigenvalue weighted by molar-refractivity contribution is -0.0621. The molecule has 3 rings (SSSR count). The third-order valence-electron chi connectivity index (χ3n) is 4.67. The van der Waals surface area contributed by atoms with Crippen LogP contribution in [0, 0.1) is 5.41 Å². The fourth-order valence-electron chi connectivity index (χ4n) is 3.06. The van der Waals surface area contributed by atoms with Gasteiger partial charge in [0.25, 0.3) is 0 Å². The molecule has 1 fully saturated rings. The number of aromatic nitrogens is 4. The van der Waals surface area contributed by atoms with Gasteiger partial charge in [-0.25, -0.2) is 9.67 Å². The van der Waals surface area contributed by atoms with Gasteiger partial charge in [-0.05, 0) is 32.1 Å². The van der Waals surface area contributed by atoms with Crippen LogP contribution in [0.25, 0.3) is 0 Å². The smallest absolute Gasteiger partial charge is 0.185 e. The zero-order valence-electron chi connectivity index (χ0n) is 15.0. The summed E-state index contributed by atoms with van der Waals surface area (Å²) in [6.07, 6.45) is 6.43. The zero-order chi connectivity index (χ0) is 17.2. The summed E-state index contributed by atoms with van der Waals surface area (Å²) in [6, 6.07) is 0.320. The predicted octanol–water partition coefficient (Wildman–Crippen LogP) is 3.53. The number of anilines is 1. The summed E-state index contributed by atoms with van der Waals surface area (Å²) in [5, 5.41) is 11.6. The van der Waals surface area contributed by atoms with Gasteiger partial charge in [0.2, 0.25) is 0 Å². The number of hydrogen-bond acceptors (Lipinski definition) is 6. The van der Waals surface area contributed by atoms with Crippen molar-refractivity contribution in [2.45, 2.75) is 59.2 Å². The average Bonchev–Trinajstić information content (AvgIpc) is 3.19. The third kappa shape index (κ3) is 3.95. The Bertz CT molecular complexity index is 637. The normalized spacial score (nSPS) is 20.5. The molecule has 0 aromatic carbocycles. The summed E-state index contributed by atoms with van der Waals surface area (Å²) in [5.74, 6) is 0. The molecule has 1 saturated heterocycles. The minimum Gasteiger partial charge on any atom is -0.376 e. The van der Waals surface area contributed by atoms with Gasteiger partial charge in [0.05, 0.1) is 18.8 Å². The molecule has 6 nitrogen and oxygen atoms in total. The zero-order valence-corrected chi connectivity index (χ0v) is 15.8. The molecule has 2 aromatic rings. The first kappa shape index (κ1) is 17.4. The van der Waals surface area contributed by atoms with Crippen molar-refractivity contribution in [3.63, 3.8) is 0 Å². The summed E-state index contributed by atoms with van der Waals surface area (Å²) >= 11 is 1.66. The molecule has 0 aliphatic carbocycles. The van der Waals surface area contributed by atoms with Gasteiger partial charge in [0.15, 0.2) is 5.13 Å². The molecule has 0 saturated carbocycles. The molecule has 0 radical (unpaired) electrons. The van der Waals surface area contributed by atoms with Crippen LogP contribution in [0.3, 0.4) is 0 Å². The SMILES string of the molecule is CC(C)n1cc(CN(CC2OCCCC2(C)C)c2nccs2)nn1. The summed E-state index contributed by atoms with van der Waals surface area (Å²) in [6.45, 7) is 11.2. The quantitative estimate of drug-likeness (QED) is 0.798. The van der Waals surface area contributed by atoms with Crippen molar-refractivity contribution in [3.05, 3.63) is 23.5 Å². The second-order valence-electron chi connectivity index (χ2n) is 7.43. The number of rotatable bonds is 6. The summed E-state index contributed by atoms with van der Waals surface area (Å²) in [4.78, 5) is 6.78. The molecule has 2 aromatic heterocycles. The third-order valence-corrected chi connectivity index (χ3v) is 5.50. The molecule has 1 aliphatic heterocycles. The van der Waals surface area contributed by atoms with Crippen molar-refractivity contribution in [1.82, 2.24) is 20.0 Å². The number of hydrogen-bond donors (Lipinski definition) is 0. The lowest BCUT2D eigenvalue weighted by Gasteiger charge is -2.40. The Balaban J connectivity index is 1.76. The van der Waals surface area contributed by atoms with Crippen LogP contribution in [-0.4, -0.2) is 39.2 Å². The molecule has 1 atom stereocenters. The van der Waals surface area contributed by atoms with Crippen molar-refractivity contribution in [2.24, 2.45) is 5.41 Å². The molecule has 1 unspecified atom stereocenters. The monoisotopic (exact) mass is 349 g/mol. The standard InChI is InChI=1S/C17H27N5OS/c1-13(2)22-11-14(19-20-22)10-21(16-18-7-9-24-16)12-15-17(3,4)6-5-8-23-15/h7,9,11,13,15H,5-6,8,10,12H2,1-4H3. The van der Waals surface area contributed by atoms with E-state index in [1.807, 2.05) is 22.5 Å². The Kier molecular flexibility index (Phi) is 5.20. The maximum Gasteiger partial charge on any atom is 0.185 e. The molecule has 0 N–H and O–H groups in total. The van der Waals surface area contributed by atoms with Crippen LogP contribution in [0.15, 0.2) is 17.8 Å². The van der Waals surface area contributed by atoms with Crippen LogP contribution in [0.2, 0.25) is 0 Å². The van der Waals surface area contributed by atoms with Gasteiger partial charge in [0.1, 0.15) is 5.69 Å². The molecule has 1 aliphatic rings. The molecule has 0 spiro atoms. The highest BCUT2D eigenvalue weighted by Gasteiger charge is 2.35. The number of nitrogens with zero attached hydrogens (tertiary/aromatic N) is 5. The van der Waals surface area contributed by atoms with Gasteiger partial charge in [0, 0.05) is 30.8 Å². The van der Waals surface area contributed by atoms with E-state index in [0.29, 0.717) is 12.6 Å². The highest BCUT2D eigenvalue weighted by Crippen LogP contribution is 2.35. The van der Waals surface area contributed by atoms with Crippen LogP contribution in [-0.2, 0) is 11.3 Å². The highest BCUT2D eigenvalue weighted by atomic mass is 32.1. The van der Waals surface area contributed by atoms with E-state index in [2.05, 4.69) is 47.9 Å². The van der Waals surface area contributed by atoms with Crippen molar-refractivity contribution >= 4 is 16.5 Å². The van der Waals surface area contributed by atoms with Gasteiger partial charge in [-0.1, -0.05) is 19.1 Å². The molecule has 3 heterocycles. The maximum absolute atomic E-state index is 6.10. The Morgan fingerprint density at radius 3 is 2.92 bits per heavy atom. The van der Waals surface area contributed by atoms with E-state index >= 15 is 0 Å². The van der Waals surface area contributed by atoms with Crippen LogP contribution < -0.4 is 4.90 Å². The van der Waals surface area contributed by atoms with Crippen LogP contribution in [0.5, 0.6) is 0 Å². The summed E-state index contributed by atoms with van der Waals surface area (Å²) in [7, 11) is 0. The Morgan fingerprint density at radius 2 is 2.29 bits per heavy atom. The fourth-order valence-corrected chi connectivity index (χ4v) is 3.71. The molecule has 7 heteroatoms. The average molecular weight is 350 g/mol. The minimum atomic E-state index is 0.184. The molecule has 0 bridgehead atoms. The van der Waals surface area contributed by atoms with Crippen LogP contribution in [0.1, 0.15) is 52.3 Å². The second kappa shape index (κ2) is 7.19. The first-order valence-electron chi connectivity index (χ1n) is 8.62. The van der Waals surface area contributed by atoms with Crippen molar-refractivity contribution in [1.29, 1.82) is 0 Å². The van der Waals surface area contributed by atoms with Gasteiger partial charge in [-0.2, -0.15) is 0 Å². The first-order chi connectivity index (χ1) is 11.5. The summed E-state index contributed by atoms with van der Waals surface area (Å²) < 4.78 is 8.00. The van der Waals surface area contributed by atoms with Crippen molar-refractivity contribution in [3.8, 4) is 0 Å². The van der Waals surface area contributed by atoms with Gasteiger partial charge in [-0.15, -0.1) is 16.4 Å². The first-order valence-corrected chi connectivity index (χ1v) is 9.50. The van der Waals surface area contributed by atoms with Crippen LogP contribution >= 0.6 is 11.3 Å². The van der Waals surface area contributed by atoms with E-state index in [-0.39, 0.29) is 11.5 Å². The Labute approximate surface area is 147 Å². The lowest BCUT2D eigenvalue weighted by Crippen LogP contribution is -2.45.